The van der Waals surface area contributed by atoms with E-state index in [0.29, 0.717) is 5.41 Å². The van der Waals surface area contributed by atoms with Crippen molar-refractivity contribution < 1.29 is 4.79 Å². The van der Waals surface area contributed by atoms with Crippen molar-refractivity contribution in [3.05, 3.63) is 36.4 Å². The minimum absolute atomic E-state index is 0.0167. The monoisotopic (exact) mass is 328 g/mol. The first-order chi connectivity index (χ1) is 11.6. The van der Waals surface area contributed by atoms with Gasteiger partial charge in [-0.05, 0) is 31.1 Å². The molecule has 1 N–H and O–H groups in total. The van der Waals surface area contributed by atoms with Crippen LogP contribution in [0.15, 0.2) is 24.8 Å². The topological polar surface area (TPSA) is 68.0 Å². The van der Waals surface area contributed by atoms with Gasteiger partial charge in [0.2, 0.25) is 0 Å². The van der Waals surface area contributed by atoms with Crippen molar-refractivity contribution in [2.75, 3.05) is 13.1 Å². The van der Waals surface area contributed by atoms with Crippen LogP contribution in [0.1, 0.15) is 43.4 Å². The van der Waals surface area contributed by atoms with Gasteiger partial charge in [-0.25, -0.2) is 14.8 Å². The summed E-state index contributed by atoms with van der Waals surface area (Å²) in [4.78, 5) is 23.7. The van der Waals surface area contributed by atoms with Crippen LogP contribution < -0.4 is 5.32 Å². The van der Waals surface area contributed by atoms with Crippen LogP contribution in [0.2, 0.25) is 0 Å². The maximum absolute atomic E-state index is 12.9. The van der Waals surface area contributed by atoms with Gasteiger partial charge in [0, 0.05) is 52.0 Å². The predicted octanol–water partition coefficient (Wildman–Crippen LogP) is 1.83. The normalized spacial score (nSPS) is 19.0. The lowest BCUT2D eigenvalue weighted by molar-refractivity contribution is 0.155. The largest absolute Gasteiger partial charge is 0.336 e. The standard InChI is InChI=1S/C17H24N6O/c1-21-10-7-18-14(21)13(15-19-8-11-22(15)2)20-16(24)23-9-3-4-17(12-23)5-6-17/h7-8,10-11,13H,3-6,9,12H2,1-2H3,(H,20,24). The Bertz CT molecular complexity index is 704. The number of urea groups is 1. The van der Waals surface area contributed by atoms with Crippen molar-refractivity contribution in [2.45, 2.75) is 31.7 Å². The van der Waals surface area contributed by atoms with Crippen molar-refractivity contribution in [1.82, 2.24) is 29.3 Å². The first-order valence-electron chi connectivity index (χ1n) is 8.58. The molecule has 1 aliphatic heterocycles. The molecule has 128 valence electrons. The zero-order valence-corrected chi connectivity index (χ0v) is 14.3. The molecule has 2 aromatic rings. The number of likely N-dealkylation sites (tertiary alicyclic amines) is 1. The molecule has 0 aromatic carbocycles. The van der Waals surface area contributed by atoms with Gasteiger partial charge in [0.05, 0.1) is 0 Å². The molecule has 4 rings (SSSR count). The summed E-state index contributed by atoms with van der Waals surface area (Å²) in [6.45, 7) is 1.72. The van der Waals surface area contributed by atoms with Crippen LogP contribution in [0.5, 0.6) is 0 Å². The van der Waals surface area contributed by atoms with E-state index in [0.717, 1.165) is 31.2 Å². The zero-order chi connectivity index (χ0) is 16.7. The van der Waals surface area contributed by atoms with E-state index in [9.17, 15) is 4.79 Å². The molecule has 7 heteroatoms. The summed E-state index contributed by atoms with van der Waals surface area (Å²) < 4.78 is 3.86. The van der Waals surface area contributed by atoms with E-state index in [1.54, 1.807) is 12.4 Å². The third-order valence-electron chi connectivity index (χ3n) is 5.41. The first kappa shape index (κ1) is 15.2. The van der Waals surface area contributed by atoms with Gasteiger partial charge in [-0.1, -0.05) is 0 Å². The minimum atomic E-state index is -0.352. The number of imidazole rings is 2. The highest BCUT2D eigenvalue weighted by atomic mass is 16.2. The Morgan fingerprint density at radius 1 is 1.12 bits per heavy atom. The van der Waals surface area contributed by atoms with Crippen LogP contribution in [-0.2, 0) is 14.1 Å². The van der Waals surface area contributed by atoms with E-state index in [4.69, 9.17) is 0 Å². The molecule has 0 atom stereocenters. The molecule has 24 heavy (non-hydrogen) atoms. The van der Waals surface area contributed by atoms with Gasteiger partial charge < -0.3 is 19.4 Å². The molecule has 1 saturated carbocycles. The molecule has 1 aliphatic carbocycles. The Kier molecular flexibility index (Phi) is 3.58. The quantitative estimate of drug-likeness (QED) is 0.934. The van der Waals surface area contributed by atoms with Crippen LogP contribution in [-0.4, -0.2) is 43.1 Å². The number of piperidine rings is 1. The summed E-state index contributed by atoms with van der Waals surface area (Å²) in [6, 6.07) is -0.369. The molecule has 0 unspecified atom stereocenters. The van der Waals surface area contributed by atoms with Gasteiger partial charge in [-0.3, -0.25) is 0 Å². The van der Waals surface area contributed by atoms with Gasteiger partial charge in [-0.2, -0.15) is 0 Å². The van der Waals surface area contributed by atoms with Crippen molar-refractivity contribution in [3.8, 4) is 0 Å². The Hall–Kier alpha value is -2.31. The SMILES string of the molecule is Cn1ccnc1C(NC(=O)N1CCCC2(CC2)C1)c1nccn1C. The molecule has 2 amide bonds. The summed E-state index contributed by atoms with van der Waals surface area (Å²) in [6.07, 6.45) is 12.2. The maximum Gasteiger partial charge on any atom is 0.318 e. The number of aromatic nitrogens is 4. The summed E-state index contributed by atoms with van der Waals surface area (Å²) in [5.74, 6) is 1.58. The number of aryl methyl sites for hydroxylation is 2. The van der Waals surface area contributed by atoms with E-state index in [-0.39, 0.29) is 12.1 Å². The Morgan fingerprint density at radius 3 is 2.25 bits per heavy atom. The predicted molar refractivity (Wildman–Crippen MR) is 89.3 cm³/mol. The summed E-state index contributed by atoms with van der Waals surface area (Å²) in [5.41, 5.74) is 0.414. The summed E-state index contributed by atoms with van der Waals surface area (Å²) in [5, 5.41) is 3.16. The van der Waals surface area contributed by atoms with Gasteiger partial charge >= 0.3 is 6.03 Å². The first-order valence-corrected chi connectivity index (χ1v) is 8.58. The number of rotatable bonds is 3. The number of amides is 2. The van der Waals surface area contributed by atoms with Gasteiger partial charge in [0.15, 0.2) is 0 Å². The number of nitrogens with one attached hydrogen (secondary N) is 1. The number of carbonyl (C=O) groups is 1. The molecule has 1 saturated heterocycles. The fourth-order valence-electron chi connectivity index (χ4n) is 3.74. The summed E-state index contributed by atoms with van der Waals surface area (Å²) >= 11 is 0. The van der Waals surface area contributed by atoms with Crippen molar-refractivity contribution in [3.63, 3.8) is 0 Å². The van der Waals surface area contributed by atoms with Crippen molar-refractivity contribution in [1.29, 1.82) is 0 Å². The average Bonchev–Trinajstić information content (AvgIpc) is 2.96. The molecule has 2 fully saturated rings. The Labute approximate surface area is 141 Å². The van der Waals surface area contributed by atoms with Gasteiger partial charge in [0.25, 0.3) is 0 Å². The second kappa shape index (κ2) is 5.65. The zero-order valence-electron chi connectivity index (χ0n) is 14.3. The molecule has 0 radical (unpaired) electrons. The van der Waals surface area contributed by atoms with Gasteiger partial charge in [0.1, 0.15) is 17.7 Å². The highest BCUT2D eigenvalue weighted by molar-refractivity contribution is 5.75. The molecule has 3 heterocycles. The number of nitrogens with zero attached hydrogens (tertiary/aromatic N) is 5. The van der Waals surface area contributed by atoms with Gasteiger partial charge in [-0.15, -0.1) is 0 Å². The average molecular weight is 328 g/mol. The lowest BCUT2D eigenvalue weighted by atomic mass is 9.95. The van der Waals surface area contributed by atoms with Crippen LogP contribution >= 0.6 is 0 Å². The Morgan fingerprint density at radius 2 is 1.75 bits per heavy atom. The van der Waals surface area contributed by atoms with Crippen LogP contribution in [0.25, 0.3) is 0 Å². The van der Waals surface area contributed by atoms with E-state index in [2.05, 4.69) is 15.3 Å². The Balaban J connectivity index is 1.57. The molecule has 0 bridgehead atoms. The molecular weight excluding hydrogens is 304 g/mol. The fourth-order valence-corrected chi connectivity index (χ4v) is 3.74. The highest BCUT2D eigenvalue weighted by Crippen LogP contribution is 2.52. The smallest absolute Gasteiger partial charge is 0.318 e. The molecular formula is C17H24N6O. The van der Waals surface area contributed by atoms with E-state index >= 15 is 0 Å². The fraction of sp³-hybridized carbons (Fsp3) is 0.588. The van der Waals surface area contributed by atoms with E-state index in [1.165, 1.54) is 19.3 Å². The van der Waals surface area contributed by atoms with E-state index in [1.807, 2.05) is 40.5 Å². The minimum Gasteiger partial charge on any atom is -0.336 e. The van der Waals surface area contributed by atoms with Crippen molar-refractivity contribution >= 4 is 6.03 Å². The molecule has 7 nitrogen and oxygen atoms in total. The molecule has 1 spiro atoms. The van der Waals surface area contributed by atoms with E-state index < -0.39 is 0 Å². The second-order valence-corrected chi connectivity index (χ2v) is 7.20. The number of hydrogen-bond donors (Lipinski definition) is 1. The molecule has 2 aromatic heterocycles. The lowest BCUT2D eigenvalue weighted by Gasteiger charge is -2.34. The lowest BCUT2D eigenvalue weighted by Crippen LogP contribution is -2.47. The van der Waals surface area contributed by atoms with Crippen LogP contribution in [0.3, 0.4) is 0 Å². The van der Waals surface area contributed by atoms with Crippen LogP contribution in [0, 0.1) is 5.41 Å². The van der Waals surface area contributed by atoms with Crippen LogP contribution in [0.4, 0.5) is 4.79 Å². The van der Waals surface area contributed by atoms with Crippen molar-refractivity contribution in [2.24, 2.45) is 19.5 Å². The maximum atomic E-state index is 12.9. The molecule has 2 aliphatic rings. The highest BCUT2D eigenvalue weighted by Gasteiger charge is 2.46. The third kappa shape index (κ3) is 2.68. The number of hydrogen-bond acceptors (Lipinski definition) is 3. The number of carbonyl (C=O) groups excluding carboxylic acids is 1. The summed E-state index contributed by atoms with van der Waals surface area (Å²) in [7, 11) is 3.87. The second-order valence-electron chi connectivity index (χ2n) is 7.20. The third-order valence-corrected chi connectivity index (χ3v) is 5.41.